The molecule has 0 aromatic heterocycles. The van der Waals surface area contributed by atoms with Crippen LogP contribution in [0.5, 0.6) is 0 Å². The molecular formula is C17H25N3O3S. The SMILES string of the molecule is CN(C(=O)CN1CCN(c2ccccc2)CC1)[C@@H]1CCS(=O)(=O)C1. The minimum absolute atomic E-state index is 0.0188. The molecule has 1 atom stereocenters. The van der Waals surface area contributed by atoms with Gasteiger partial charge < -0.3 is 9.80 Å². The Morgan fingerprint density at radius 2 is 1.83 bits per heavy atom. The maximum Gasteiger partial charge on any atom is 0.236 e. The van der Waals surface area contributed by atoms with Gasteiger partial charge in [0.25, 0.3) is 0 Å². The van der Waals surface area contributed by atoms with E-state index in [1.54, 1.807) is 11.9 Å². The molecule has 1 aromatic carbocycles. The van der Waals surface area contributed by atoms with E-state index >= 15 is 0 Å². The third-order valence-corrected chi connectivity index (χ3v) is 6.75. The zero-order valence-corrected chi connectivity index (χ0v) is 14.9. The highest BCUT2D eigenvalue weighted by molar-refractivity contribution is 7.91. The summed E-state index contributed by atoms with van der Waals surface area (Å²) in [7, 11) is -1.23. The van der Waals surface area contributed by atoms with E-state index in [9.17, 15) is 13.2 Å². The van der Waals surface area contributed by atoms with Crippen LogP contribution in [0.2, 0.25) is 0 Å². The third-order valence-electron chi connectivity index (χ3n) is 5.00. The van der Waals surface area contributed by atoms with Gasteiger partial charge in [0.15, 0.2) is 9.84 Å². The van der Waals surface area contributed by atoms with Crippen molar-refractivity contribution in [2.24, 2.45) is 0 Å². The van der Waals surface area contributed by atoms with E-state index in [2.05, 4.69) is 21.9 Å². The van der Waals surface area contributed by atoms with Gasteiger partial charge in [0.1, 0.15) is 0 Å². The Morgan fingerprint density at radius 3 is 2.42 bits per heavy atom. The summed E-state index contributed by atoms with van der Waals surface area (Å²) in [6.07, 6.45) is 0.562. The number of amides is 1. The molecule has 132 valence electrons. The lowest BCUT2D eigenvalue weighted by Gasteiger charge is -2.36. The quantitative estimate of drug-likeness (QED) is 0.788. The molecule has 1 amide bonds. The second-order valence-electron chi connectivity index (χ2n) is 6.66. The molecule has 0 aliphatic carbocycles. The number of sulfone groups is 1. The average molecular weight is 351 g/mol. The number of carbonyl (C=O) groups is 1. The van der Waals surface area contributed by atoms with Crippen molar-refractivity contribution in [2.75, 3.05) is 56.2 Å². The zero-order valence-electron chi connectivity index (χ0n) is 14.1. The average Bonchev–Trinajstić information content (AvgIpc) is 2.95. The lowest BCUT2D eigenvalue weighted by molar-refractivity contribution is -0.132. The van der Waals surface area contributed by atoms with E-state index in [1.165, 1.54) is 5.69 Å². The monoisotopic (exact) mass is 351 g/mol. The first-order chi connectivity index (χ1) is 11.4. The summed E-state index contributed by atoms with van der Waals surface area (Å²) in [4.78, 5) is 18.6. The molecule has 0 saturated carbocycles. The second-order valence-corrected chi connectivity index (χ2v) is 8.89. The molecule has 24 heavy (non-hydrogen) atoms. The zero-order chi connectivity index (χ0) is 17.2. The first-order valence-electron chi connectivity index (χ1n) is 8.43. The van der Waals surface area contributed by atoms with Gasteiger partial charge in [-0.15, -0.1) is 0 Å². The van der Waals surface area contributed by atoms with Crippen LogP contribution in [0.1, 0.15) is 6.42 Å². The van der Waals surface area contributed by atoms with Gasteiger partial charge in [-0.1, -0.05) is 18.2 Å². The van der Waals surface area contributed by atoms with Crippen LogP contribution in [0.4, 0.5) is 5.69 Å². The van der Waals surface area contributed by atoms with Crippen LogP contribution >= 0.6 is 0 Å². The van der Waals surface area contributed by atoms with Crippen molar-refractivity contribution in [3.8, 4) is 0 Å². The Bertz CT molecular complexity index is 670. The smallest absolute Gasteiger partial charge is 0.236 e. The summed E-state index contributed by atoms with van der Waals surface area (Å²) in [6, 6.07) is 10.1. The van der Waals surface area contributed by atoms with Crippen molar-refractivity contribution in [3.05, 3.63) is 30.3 Å². The summed E-state index contributed by atoms with van der Waals surface area (Å²) in [5.41, 5.74) is 1.22. The van der Waals surface area contributed by atoms with Gasteiger partial charge in [0, 0.05) is 45.0 Å². The maximum absolute atomic E-state index is 12.4. The first-order valence-corrected chi connectivity index (χ1v) is 10.3. The summed E-state index contributed by atoms with van der Waals surface area (Å²) in [5.74, 6) is 0.326. The number of carbonyl (C=O) groups excluding carboxylic acids is 1. The molecule has 2 aliphatic heterocycles. The summed E-state index contributed by atoms with van der Waals surface area (Å²) < 4.78 is 23.1. The number of hydrogen-bond donors (Lipinski definition) is 0. The molecule has 0 N–H and O–H groups in total. The molecule has 7 heteroatoms. The lowest BCUT2D eigenvalue weighted by atomic mass is 10.2. The number of rotatable bonds is 4. The van der Waals surface area contributed by atoms with Gasteiger partial charge in [0.2, 0.25) is 5.91 Å². The Labute approximate surface area is 144 Å². The molecule has 2 saturated heterocycles. The molecular weight excluding hydrogens is 326 g/mol. The van der Waals surface area contributed by atoms with Crippen molar-refractivity contribution in [3.63, 3.8) is 0 Å². The fourth-order valence-electron chi connectivity index (χ4n) is 3.39. The van der Waals surface area contributed by atoms with E-state index in [1.807, 2.05) is 18.2 Å². The minimum Gasteiger partial charge on any atom is -0.369 e. The van der Waals surface area contributed by atoms with Gasteiger partial charge >= 0.3 is 0 Å². The summed E-state index contributed by atoms with van der Waals surface area (Å²) in [6.45, 7) is 3.86. The van der Waals surface area contributed by atoms with Crippen LogP contribution in [0.15, 0.2) is 30.3 Å². The highest BCUT2D eigenvalue weighted by Gasteiger charge is 2.33. The molecule has 0 bridgehead atoms. The van der Waals surface area contributed by atoms with Gasteiger partial charge in [-0.3, -0.25) is 9.69 Å². The largest absolute Gasteiger partial charge is 0.369 e. The minimum atomic E-state index is -2.96. The molecule has 6 nitrogen and oxygen atoms in total. The molecule has 2 heterocycles. The van der Waals surface area contributed by atoms with Crippen molar-refractivity contribution in [1.29, 1.82) is 0 Å². The van der Waals surface area contributed by atoms with Gasteiger partial charge in [-0.25, -0.2) is 8.42 Å². The standard InChI is InChI=1S/C17H25N3O3S/c1-18(16-7-12-24(22,23)14-16)17(21)13-19-8-10-20(11-9-19)15-5-3-2-4-6-15/h2-6,16H,7-14H2,1H3/t16-/m1/s1. The Balaban J connectivity index is 1.48. The van der Waals surface area contributed by atoms with E-state index in [4.69, 9.17) is 0 Å². The van der Waals surface area contributed by atoms with Gasteiger partial charge in [-0.05, 0) is 18.6 Å². The summed E-state index contributed by atoms with van der Waals surface area (Å²) in [5, 5.41) is 0. The Hall–Kier alpha value is -1.60. The van der Waals surface area contributed by atoms with Crippen molar-refractivity contribution in [1.82, 2.24) is 9.80 Å². The van der Waals surface area contributed by atoms with Gasteiger partial charge in [0.05, 0.1) is 18.1 Å². The van der Waals surface area contributed by atoms with Crippen molar-refractivity contribution >= 4 is 21.4 Å². The van der Waals surface area contributed by atoms with E-state index < -0.39 is 9.84 Å². The molecule has 0 unspecified atom stereocenters. The normalized spacial score (nSPS) is 24.0. The van der Waals surface area contributed by atoms with E-state index in [-0.39, 0.29) is 23.5 Å². The maximum atomic E-state index is 12.4. The Kier molecular flexibility index (Phi) is 5.10. The number of nitrogens with zero attached hydrogens (tertiary/aromatic N) is 3. The van der Waals surface area contributed by atoms with Crippen LogP contribution in [-0.4, -0.2) is 81.4 Å². The Morgan fingerprint density at radius 1 is 1.17 bits per heavy atom. The molecule has 3 rings (SSSR count). The topological polar surface area (TPSA) is 60.9 Å². The fourth-order valence-corrected chi connectivity index (χ4v) is 5.16. The van der Waals surface area contributed by atoms with Crippen LogP contribution in [0.25, 0.3) is 0 Å². The van der Waals surface area contributed by atoms with Crippen LogP contribution in [0.3, 0.4) is 0 Å². The van der Waals surface area contributed by atoms with Crippen molar-refractivity contribution < 1.29 is 13.2 Å². The second kappa shape index (κ2) is 7.11. The molecule has 0 spiro atoms. The molecule has 0 radical (unpaired) electrons. The van der Waals surface area contributed by atoms with E-state index in [0.717, 1.165) is 26.2 Å². The number of likely N-dealkylation sites (N-methyl/N-ethyl adjacent to an activating group) is 1. The molecule has 2 aliphatic rings. The first kappa shape index (κ1) is 17.2. The van der Waals surface area contributed by atoms with Crippen LogP contribution in [0, 0.1) is 0 Å². The third kappa shape index (κ3) is 4.08. The number of para-hydroxylation sites is 1. The molecule has 1 aromatic rings. The van der Waals surface area contributed by atoms with Gasteiger partial charge in [-0.2, -0.15) is 0 Å². The predicted molar refractivity (Wildman–Crippen MR) is 94.9 cm³/mol. The number of hydrogen-bond acceptors (Lipinski definition) is 5. The lowest BCUT2D eigenvalue weighted by Crippen LogP contribution is -2.51. The highest BCUT2D eigenvalue weighted by Crippen LogP contribution is 2.18. The number of anilines is 1. The van der Waals surface area contributed by atoms with E-state index in [0.29, 0.717) is 13.0 Å². The van der Waals surface area contributed by atoms with Crippen LogP contribution < -0.4 is 4.90 Å². The molecule has 2 fully saturated rings. The van der Waals surface area contributed by atoms with Crippen LogP contribution in [-0.2, 0) is 14.6 Å². The number of piperazine rings is 1. The highest BCUT2D eigenvalue weighted by atomic mass is 32.2. The summed E-state index contributed by atoms with van der Waals surface area (Å²) >= 11 is 0. The number of benzene rings is 1. The predicted octanol–water partition coefficient (Wildman–Crippen LogP) is 0.454. The van der Waals surface area contributed by atoms with Crippen molar-refractivity contribution in [2.45, 2.75) is 12.5 Å². The fraction of sp³-hybridized carbons (Fsp3) is 0.588.